The third-order valence-electron chi connectivity index (χ3n) is 2.01. The van der Waals surface area contributed by atoms with E-state index < -0.39 is 0 Å². The molecule has 0 aromatic heterocycles. The number of rotatable bonds is 2. The molecule has 4 heteroatoms. The molecule has 1 atom stereocenters. The Bertz CT molecular complexity index is 372. The summed E-state index contributed by atoms with van der Waals surface area (Å²) in [6.45, 7) is 0. The van der Waals surface area contributed by atoms with Gasteiger partial charge in [0.15, 0.2) is 5.17 Å². The van der Waals surface area contributed by atoms with Gasteiger partial charge in [0.05, 0.1) is 12.4 Å². The Kier molecular flexibility index (Phi) is 2.54. The van der Waals surface area contributed by atoms with Crippen LogP contribution in [0.25, 0.3) is 0 Å². The molecule has 1 N–H and O–H groups in total. The Balaban J connectivity index is 2.17. The Morgan fingerprint density at radius 2 is 2.07 bits per heavy atom. The number of hydrogen-bond acceptors (Lipinski definition) is 3. The Morgan fingerprint density at radius 1 is 1.36 bits per heavy atom. The summed E-state index contributed by atoms with van der Waals surface area (Å²) in [5.41, 5.74) is 1.15. The molecule has 0 amide bonds. The van der Waals surface area contributed by atoms with Gasteiger partial charge in [-0.1, -0.05) is 23.9 Å². The summed E-state index contributed by atoms with van der Waals surface area (Å²) in [6, 6.07) is 7.85. The Morgan fingerprint density at radius 3 is 2.57 bits per heavy atom. The van der Waals surface area contributed by atoms with Crippen molar-refractivity contribution >= 4 is 23.1 Å². The molecule has 72 valence electrons. The van der Waals surface area contributed by atoms with Gasteiger partial charge in [0.1, 0.15) is 5.75 Å². The molecule has 14 heavy (non-hydrogen) atoms. The second kappa shape index (κ2) is 3.84. The molecule has 0 saturated heterocycles. The number of hydrogen-bond donors (Lipinski definition) is 1. The molecule has 0 bridgehead atoms. The van der Waals surface area contributed by atoms with Crippen LogP contribution in [0.15, 0.2) is 29.3 Å². The fourth-order valence-electron chi connectivity index (χ4n) is 1.26. The van der Waals surface area contributed by atoms with Gasteiger partial charge < -0.3 is 4.74 Å². The van der Waals surface area contributed by atoms with Crippen molar-refractivity contribution in [2.75, 3.05) is 7.11 Å². The van der Waals surface area contributed by atoms with Gasteiger partial charge in [0.2, 0.25) is 0 Å². The minimum atomic E-state index is 0.188. The van der Waals surface area contributed by atoms with Crippen molar-refractivity contribution in [3.8, 4) is 5.75 Å². The number of aliphatic imine (C=N–C) groups is 1. The van der Waals surface area contributed by atoms with Crippen LogP contribution in [-0.4, -0.2) is 18.5 Å². The highest BCUT2D eigenvalue weighted by atomic mass is 32.2. The van der Waals surface area contributed by atoms with Crippen LogP contribution in [0, 0.1) is 5.41 Å². The van der Waals surface area contributed by atoms with E-state index in [4.69, 9.17) is 10.1 Å². The molecule has 1 aliphatic rings. The molecular formula is C10H10N2OS. The molecule has 0 saturated carbocycles. The van der Waals surface area contributed by atoms with E-state index in [0.717, 1.165) is 11.3 Å². The van der Waals surface area contributed by atoms with Gasteiger partial charge in [-0.15, -0.1) is 0 Å². The molecule has 1 heterocycles. The molecule has 0 aliphatic carbocycles. The van der Waals surface area contributed by atoms with Crippen molar-refractivity contribution in [3.63, 3.8) is 0 Å². The van der Waals surface area contributed by atoms with Crippen LogP contribution in [-0.2, 0) is 0 Å². The highest BCUT2D eigenvalue weighted by Crippen LogP contribution is 2.33. The van der Waals surface area contributed by atoms with Gasteiger partial charge >= 0.3 is 0 Å². The summed E-state index contributed by atoms with van der Waals surface area (Å²) in [5, 5.41) is 7.92. The van der Waals surface area contributed by atoms with Crippen molar-refractivity contribution in [3.05, 3.63) is 29.8 Å². The molecule has 0 fully saturated rings. The maximum Gasteiger partial charge on any atom is 0.180 e. The molecule has 0 radical (unpaired) electrons. The Hall–Kier alpha value is -1.29. The van der Waals surface area contributed by atoms with Gasteiger partial charge in [0, 0.05) is 6.21 Å². The lowest BCUT2D eigenvalue weighted by Gasteiger charge is -2.06. The minimum Gasteiger partial charge on any atom is -0.497 e. The predicted molar refractivity (Wildman–Crippen MR) is 59.5 cm³/mol. The molecule has 2 rings (SSSR count). The van der Waals surface area contributed by atoms with E-state index in [9.17, 15) is 0 Å². The predicted octanol–water partition coefficient (Wildman–Crippen LogP) is 2.49. The summed E-state index contributed by atoms with van der Waals surface area (Å²) in [5.74, 6) is 0.851. The van der Waals surface area contributed by atoms with E-state index in [1.165, 1.54) is 11.8 Å². The van der Waals surface area contributed by atoms with Gasteiger partial charge in [-0.3, -0.25) is 5.41 Å². The van der Waals surface area contributed by atoms with Crippen LogP contribution >= 0.6 is 11.8 Å². The first-order chi connectivity index (χ1) is 6.79. The molecule has 3 nitrogen and oxygen atoms in total. The van der Waals surface area contributed by atoms with Crippen molar-refractivity contribution in [2.45, 2.75) is 5.25 Å². The van der Waals surface area contributed by atoms with Gasteiger partial charge in [-0.2, -0.15) is 0 Å². The average Bonchev–Trinajstić information content (AvgIpc) is 2.65. The zero-order valence-electron chi connectivity index (χ0n) is 7.73. The maximum absolute atomic E-state index is 7.35. The van der Waals surface area contributed by atoms with Crippen LogP contribution in [0.5, 0.6) is 5.75 Å². The van der Waals surface area contributed by atoms with E-state index >= 15 is 0 Å². The lowest BCUT2D eigenvalue weighted by atomic mass is 10.1. The zero-order valence-corrected chi connectivity index (χ0v) is 8.54. The maximum atomic E-state index is 7.35. The van der Waals surface area contributed by atoms with Gasteiger partial charge in [0.25, 0.3) is 0 Å². The van der Waals surface area contributed by atoms with Crippen LogP contribution in [0.3, 0.4) is 0 Å². The van der Waals surface area contributed by atoms with E-state index in [-0.39, 0.29) is 5.25 Å². The summed E-state index contributed by atoms with van der Waals surface area (Å²) in [7, 11) is 1.65. The quantitative estimate of drug-likeness (QED) is 0.808. The molecule has 1 aromatic carbocycles. The van der Waals surface area contributed by atoms with E-state index in [1.807, 2.05) is 24.3 Å². The molecule has 1 unspecified atom stereocenters. The number of benzene rings is 1. The summed E-state index contributed by atoms with van der Waals surface area (Å²) < 4.78 is 5.07. The van der Waals surface area contributed by atoms with Crippen molar-refractivity contribution < 1.29 is 4.74 Å². The summed E-state index contributed by atoms with van der Waals surface area (Å²) in [4.78, 5) is 3.93. The molecular weight excluding hydrogens is 196 g/mol. The fourth-order valence-corrected chi connectivity index (χ4v) is 2.04. The highest BCUT2D eigenvalue weighted by molar-refractivity contribution is 8.14. The van der Waals surface area contributed by atoms with Crippen molar-refractivity contribution in [1.82, 2.24) is 0 Å². The zero-order chi connectivity index (χ0) is 9.97. The standard InChI is InChI=1S/C10H10N2OS/c1-13-8-4-2-7(3-5-8)9-6-12-10(11)14-9/h2-6,9,11H,1H3. The van der Waals surface area contributed by atoms with E-state index in [0.29, 0.717) is 5.17 Å². The number of amidine groups is 1. The smallest absolute Gasteiger partial charge is 0.180 e. The normalized spacial score (nSPS) is 20.1. The molecule has 0 spiro atoms. The van der Waals surface area contributed by atoms with Crippen molar-refractivity contribution in [1.29, 1.82) is 5.41 Å². The second-order valence-corrected chi connectivity index (χ2v) is 4.03. The average molecular weight is 206 g/mol. The first-order valence-corrected chi connectivity index (χ1v) is 5.11. The lowest BCUT2D eigenvalue weighted by molar-refractivity contribution is 0.414. The van der Waals surface area contributed by atoms with Crippen molar-refractivity contribution in [2.24, 2.45) is 4.99 Å². The molecule has 1 aliphatic heterocycles. The first kappa shape index (κ1) is 9.27. The Labute approximate surface area is 86.7 Å². The van der Waals surface area contributed by atoms with Crippen LogP contribution in [0.2, 0.25) is 0 Å². The highest BCUT2D eigenvalue weighted by Gasteiger charge is 2.17. The third-order valence-corrected chi connectivity index (χ3v) is 2.99. The monoisotopic (exact) mass is 206 g/mol. The minimum absolute atomic E-state index is 0.188. The number of thioether (sulfide) groups is 1. The van der Waals surface area contributed by atoms with Gasteiger partial charge in [-0.25, -0.2) is 4.99 Å². The number of methoxy groups -OCH3 is 1. The second-order valence-electron chi connectivity index (χ2n) is 2.89. The number of nitrogens with zero attached hydrogens (tertiary/aromatic N) is 1. The topological polar surface area (TPSA) is 45.4 Å². The lowest BCUT2D eigenvalue weighted by Crippen LogP contribution is -1.91. The SMILES string of the molecule is COc1ccc(C2C=NC(=N)S2)cc1. The van der Waals surface area contributed by atoms with Crippen LogP contribution in [0.1, 0.15) is 10.8 Å². The molecule has 1 aromatic rings. The first-order valence-electron chi connectivity index (χ1n) is 4.23. The third kappa shape index (κ3) is 1.80. The van der Waals surface area contributed by atoms with Gasteiger partial charge in [-0.05, 0) is 17.7 Å². The van der Waals surface area contributed by atoms with Crippen LogP contribution in [0.4, 0.5) is 0 Å². The number of ether oxygens (including phenoxy) is 1. The van der Waals surface area contributed by atoms with E-state index in [2.05, 4.69) is 4.99 Å². The number of nitrogens with one attached hydrogen (secondary N) is 1. The fraction of sp³-hybridized carbons (Fsp3) is 0.200. The summed E-state index contributed by atoms with van der Waals surface area (Å²) >= 11 is 1.45. The summed E-state index contributed by atoms with van der Waals surface area (Å²) in [6.07, 6.45) is 1.80. The van der Waals surface area contributed by atoms with E-state index in [1.54, 1.807) is 13.3 Å². The van der Waals surface area contributed by atoms with Crippen LogP contribution < -0.4 is 4.74 Å². The largest absolute Gasteiger partial charge is 0.497 e.